The summed E-state index contributed by atoms with van der Waals surface area (Å²) < 4.78 is 6.38. The van der Waals surface area contributed by atoms with Gasteiger partial charge >= 0.3 is 5.69 Å². The van der Waals surface area contributed by atoms with Crippen molar-refractivity contribution < 1.29 is 211 Å². The molecule has 10 heterocycles. The number of aromatic nitrogens is 2. The summed E-state index contributed by atoms with van der Waals surface area (Å²) in [6, 6.07) is 113. The van der Waals surface area contributed by atoms with Crippen molar-refractivity contribution in [2.24, 2.45) is 73.6 Å². The number of rotatable bonds is 10. The van der Waals surface area contributed by atoms with Gasteiger partial charge in [-0.25, -0.2) is 9.78 Å². The van der Waals surface area contributed by atoms with Crippen LogP contribution in [0.5, 0.6) is 0 Å². The fourth-order valence-corrected chi connectivity index (χ4v) is 16.5. The Balaban J connectivity index is 0.000000823. The molecule has 0 amide bonds. The van der Waals surface area contributed by atoms with Gasteiger partial charge in [-0.2, -0.15) is 0 Å². The summed E-state index contributed by atoms with van der Waals surface area (Å²) in [5, 5.41) is 0. The van der Waals surface area contributed by atoms with Gasteiger partial charge in [-0.3, -0.25) is 9.79 Å². The topological polar surface area (TPSA) is 172 Å². The second kappa shape index (κ2) is 69.8. The predicted molar refractivity (Wildman–Crippen MR) is 579 cm³/mol. The van der Waals surface area contributed by atoms with Gasteiger partial charge in [-0.05, 0) is 211 Å². The SMILES string of the molecule is CC1(C)C=CC(C)(C)C(c2[c-]cccc2)=N1.CC1(C)C=CCN=C1c1[c-]cccc1.CC1(C)CCC(C)(C)C(c2[c-]cccc2)=N1.CC1(C)CCCC(c2[c-]cccc2)=N1.CC1(C)CCCN=C1c1[c-]cccc1.CC1(C)N=C(c2[c-]cccc2)C=CC1=O.Cn1ccc(-c2[c-]cccc2)nc1=O.[Ir].[Ir].[Ir].[Ir].[Ir].[Ir].[Ir].[Ir].[Ir].[Ir].[c-]1ccccc1C1=NCCCC1.[c-]1ccccc1C1=NCCCC1.[c-]1ccccc1C1=NCOC=C1. The molecule has 0 saturated carbocycles. The average Bonchev–Trinajstić information content (AvgIpc) is 0.788. The van der Waals surface area contributed by atoms with Crippen LogP contribution >= 0.6 is 0 Å². The van der Waals surface area contributed by atoms with Crippen molar-refractivity contribution in [3.63, 3.8) is 0 Å². The van der Waals surface area contributed by atoms with Crippen LogP contribution in [0.1, 0.15) is 244 Å². The largest absolute Gasteiger partial charge is 0.481 e. The van der Waals surface area contributed by atoms with Gasteiger partial charge in [0.1, 0.15) is 5.54 Å². The van der Waals surface area contributed by atoms with E-state index in [-0.39, 0.29) is 251 Å². The standard InChI is InChI=1S/C15H20N.C15H18N.C13H12NO.C13H16N.C13H14N.C13H16N.C11H9N2O.2C11H12N.C10H8NO.10Ir/c2*1-14(2)10-11-15(3,4)16-13(14)12-8-6-5-7-9-12;1-13(2)12(15)9-8-11(14-13)10-6-4-3-5-7-10;2*1-13(2)9-6-10-14-12(13)11-7-4-3-5-8-11;1-13(2)10-6-9-12(14-13)11-7-4-3-5-8-11;1-13-8-7-10(12-11(13)14)9-5-3-2-4-6-9;2*1-2-6-10(7-3-1)11-8-4-5-9-12-11;1-2-4-9(5-3-1)10-6-7-12-8-11-10;;;;;;;;;;/h5-8H,10-11H2,1-4H3;5-8,10-11H,1-4H3;3-6,8-9H,1-2H3;3-5,7H,6,9-10H2,1-2H3;3-7,9H,10H2,1-2H3;3-5,7H,6,9-10H2,1-2H3;2-5,7-8H,1H3;2*1-3,6H,4-5,8-9H2;1-4,6-7H,8H2;;;;;;;;;;/q10*-1;;;;;;;;;;. The van der Waals surface area contributed by atoms with Crippen molar-refractivity contribution in [1.82, 2.24) is 9.55 Å². The van der Waals surface area contributed by atoms with Gasteiger partial charge in [0.15, 0.2) is 12.5 Å². The normalized spacial score (nSPS) is 17.2. The fourth-order valence-electron chi connectivity index (χ4n) is 16.5. The van der Waals surface area contributed by atoms with Gasteiger partial charge in [0, 0.05) is 252 Å². The molecular formula is C125H137Ir10N11O3-10. The minimum absolute atomic E-state index is 0. The van der Waals surface area contributed by atoms with Crippen molar-refractivity contribution in [1.29, 1.82) is 0 Å². The monoisotopic (exact) mass is 3770 g/mol. The molecule has 0 spiro atoms. The Kier molecular flexibility index (Phi) is 65.6. The number of carbonyl (C=O) groups is 1. The molecule has 9 aliphatic rings. The van der Waals surface area contributed by atoms with Gasteiger partial charge in [0.25, 0.3) is 0 Å². The third-order valence-corrected chi connectivity index (χ3v) is 24.5. The number of nitrogens with zero attached hydrogens (tertiary/aromatic N) is 11. The Morgan fingerprint density at radius 3 is 1.10 bits per heavy atom. The second-order valence-electron chi connectivity index (χ2n) is 40.0. The van der Waals surface area contributed by atoms with Crippen LogP contribution in [0.3, 0.4) is 0 Å². The van der Waals surface area contributed by atoms with E-state index >= 15 is 0 Å². The van der Waals surface area contributed by atoms with Crippen LogP contribution in [0.4, 0.5) is 0 Å². The van der Waals surface area contributed by atoms with Crippen LogP contribution in [0, 0.1) is 82.3 Å². The molecular weight excluding hydrogens is 3630 g/mol. The van der Waals surface area contributed by atoms with Crippen molar-refractivity contribution >= 4 is 57.2 Å². The molecule has 0 fully saturated rings. The molecule has 0 N–H and O–H groups in total. The molecule has 0 aliphatic carbocycles. The number of benzene rings is 10. The zero-order valence-corrected chi connectivity index (χ0v) is 112. The van der Waals surface area contributed by atoms with Crippen LogP contribution in [0.15, 0.2) is 353 Å². The first-order valence-corrected chi connectivity index (χ1v) is 48.9. The quantitative estimate of drug-likeness (QED) is 0.0980. The van der Waals surface area contributed by atoms with Crippen LogP contribution in [-0.2, 0) is 218 Å². The van der Waals surface area contributed by atoms with Crippen LogP contribution < -0.4 is 5.69 Å². The Hall–Kier alpha value is -6.97. The van der Waals surface area contributed by atoms with E-state index in [0.29, 0.717) is 12.4 Å². The van der Waals surface area contributed by atoms with Gasteiger partial charge in [0.05, 0.1) is 11.8 Å². The molecule has 810 valence electrons. The summed E-state index contributed by atoms with van der Waals surface area (Å²) in [6.07, 6.45) is 32.9. The maximum absolute atomic E-state index is 11.5. The molecule has 0 atom stereocenters. The molecule has 24 heteroatoms. The fraction of sp³-hybridized carbons (Fsp3) is 0.344. The first-order chi connectivity index (χ1) is 66.7. The maximum Gasteiger partial charge on any atom is 0.338 e. The first kappa shape index (κ1) is 140. The van der Waals surface area contributed by atoms with Gasteiger partial charge in [-0.15, -0.1) is 359 Å². The molecule has 14 nitrogen and oxygen atoms in total. The molecule has 149 heavy (non-hydrogen) atoms. The van der Waals surface area contributed by atoms with Crippen LogP contribution in [0.2, 0.25) is 0 Å². The Morgan fingerprint density at radius 2 is 0.698 bits per heavy atom. The van der Waals surface area contributed by atoms with E-state index in [1.54, 1.807) is 43.8 Å². The molecule has 11 aromatic rings. The molecule has 0 bridgehead atoms. The Bertz CT molecular complexity index is 6100. The van der Waals surface area contributed by atoms with Crippen molar-refractivity contribution in [2.45, 2.75) is 216 Å². The van der Waals surface area contributed by atoms with Crippen LogP contribution in [-0.4, -0.2) is 122 Å². The molecule has 20 rings (SSSR count). The van der Waals surface area contributed by atoms with E-state index in [2.05, 4.69) is 278 Å². The third kappa shape index (κ3) is 46.5. The number of ketones is 1. The Labute approximate surface area is 1020 Å². The second-order valence-corrected chi connectivity index (χ2v) is 40.0. The number of carbonyl (C=O) groups excluding carboxylic acids is 1. The number of aryl methyl sites for hydroxylation is 1. The maximum atomic E-state index is 11.5. The van der Waals surface area contributed by atoms with Crippen molar-refractivity contribution in [3.8, 4) is 11.3 Å². The minimum Gasteiger partial charge on any atom is -0.481 e. The summed E-state index contributed by atoms with van der Waals surface area (Å²) in [5.41, 5.74) is 21.3. The van der Waals surface area contributed by atoms with Crippen molar-refractivity contribution in [3.05, 3.63) is 425 Å². The van der Waals surface area contributed by atoms with E-state index in [1.807, 2.05) is 196 Å². The van der Waals surface area contributed by atoms with Gasteiger partial charge in [0.2, 0.25) is 0 Å². The number of aliphatic imine (C=N–C) groups is 9. The summed E-state index contributed by atoms with van der Waals surface area (Å²) in [7, 11) is 1.67. The molecule has 9 aliphatic heterocycles. The van der Waals surface area contributed by atoms with E-state index in [9.17, 15) is 9.59 Å². The van der Waals surface area contributed by atoms with E-state index in [1.165, 1.54) is 108 Å². The smallest absolute Gasteiger partial charge is 0.338 e. The zero-order chi connectivity index (χ0) is 99.2. The number of ether oxygens (including phenoxy) is 1. The number of dihydropyridines is 3. The predicted octanol–water partition coefficient (Wildman–Crippen LogP) is 26.8. The van der Waals surface area contributed by atoms with E-state index < -0.39 is 5.54 Å². The van der Waals surface area contributed by atoms with Crippen LogP contribution in [0.25, 0.3) is 11.3 Å². The zero-order valence-electron chi connectivity index (χ0n) is 88.1. The van der Waals surface area contributed by atoms with E-state index in [4.69, 9.17) is 19.7 Å². The first-order valence-electron chi connectivity index (χ1n) is 48.9. The molecule has 1 aromatic heterocycles. The minimum atomic E-state index is -0.645. The summed E-state index contributed by atoms with van der Waals surface area (Å²) in [6.45, 7) is 38.8. The third-order valence-electron chi connectivity index (χ3n) is 24.5. The summed E-state index contributed by atoms with van der Waals surface area (Å²) in [5.74, 6) is 0.0437. The van der Waals surface area contributed by atoms with Gasteiger partial charge in [-0.1, -0.05) is 111 Å². The average molecular weight is 3760 g/mol. The molecule has 10 aromatic carbocycles. The number of hydrogen-bond acceptors (Lipinski definition) is 13. The summed E-state index contributed by atoms with van der Waals surface area (Å²) >= 11 is 0. The molecule has 10 radical (unpaired) electrons. The summed E-state index contributed by atoms with van der Waals surface area (Å²) in [4.78, 5) is 67.9. The molecule has 0 unspecified atom stereocenters. The Morgan fingerprint density at radius 1 is 0.309 bits per heavy atom. The number of hydrogen-bond donors (Lipinski definition) is 0. The number of allylic oxidation sites excluding steroid dienone is 4. The van der Waals surface area contributed by atoms with Gasteiger partial charge < -0.3 is 49.2 Å². The van der Waals surface area contributed by atoms with E-state index in [0.717, 1.165) is 114 Å². The van der Waals surface area contributed by atoms with Crippen molar-refractivity contribution in [2.75, 3.05) is 32.9 Å². The molecule has 0 saturated heterocycles.